The molecule has 17 heteroatoms. The Bertz CT molecular complexity index is 1450. The summed E-state index contributed by atoms with van der Waals surface area (Å²) in [6.07, 6.45) is -21.4. The minimum atomic E-state index is -5.57. The lowest BCUT2D eigenvalue weighted by Gasteiger charge is -2.30. The van der Waals surface area contributed by atoms with Gasteiger partial charge in [-0.3, -0.25) is 4.79 Å². The second-order valence-electron chi connectivity index (χ2n) is 8.62. The van der Waals surface area contributed by atoms with Crippen LogP contribution in [0.4, 0.5) is 52.7 Å². The van der Waals surface area contributed by atoms with Gasteiger partial charge in [0, 0.05) is 17.3 Å². The first-order chi connectivity index (χ1) is 18.2. The third kappa shape index (κ3) is 5.40. The summed E-state index contributed by atoms with van der Waals surface area (Å²) in [5.74, 6) is -1.19. The van der Waals surface area contributed by atoms with Gasteiger partial charge >= 0.3 is 24.7 Å². The van der Waals surface area contributed by atoms with E-state index < -0.39 is 71.6 Å². The number of rotatable bonds is 4. The fourth-order valence-corrected chi connectivity index (χ4v) is 4.07. The van der Waals surface area contributed by atoms with Crippen LogP contribution in [0.1, 0.15) is 39.2 Å². The summed E-state index contributed by atoms with van der Waals surface area (Å²) in [6.45, 7) is -1.68. The van der Waals surface area contributed by atoms with E-state index in [1.165, 1.54) is 18.3 Å². The smallest absolute Gasteiger partial charge is 0.374 e. The van der Waals surface area contributed by atoms with Gasteiger partial charge in [-0.25, -0.2) is 0 Å². The summed E-state index contributed by atoms with van der Waals surface area (Å²) in [6, 6.07) is 3.95. The molecule has 1 N–H and O–H groups in total. The van der Waals surface area contributed by atoms with Crippen molar-refractivity contribution in [3.63, 3.8) is 0 Å². The fraction of sp³-hybridized carbons (Fsp3) is 0.304. The third-order valence-electron chi connectivity index (χ3n) is 5.93. The molecule has 1 amide bonds. The molecule has 0 bridgehead atoms. The van der Waals surface area contributed by atoms with Crippen molar-refractivity contribution in [2.45, 2.75) is 36.7 Å². The van der Waals surface area contributed by atoms with Crippen molar-refractivity contribution >= 4 is 17.1 Å². The van der Waals surface area contributed by atoms with Crippen molar-refractivity contribution in [2.75, 3.05) is 6.54 Å². The van der Waals surface area contributed by atoms with Crippen LogP contribution in [-0.2, 0) is 22.8 Å². The maximum absolute atomic E-state index is 14.3. The van der Waals surface area contributed by atoms with Crippen LogP contribution >= 0.6 is 0 Å². The third-order valence-corrected chi connectivity index (χ3v) is 5.93. The van der Waals surface area contributed by atoms with Gasteiger partial charge in [0.25, 0.3) is 11.5 Å². The molecule has 3 heterocycles. The maximum atomic E-state index is 14.3. The van der Waals surface area contributed by atoms with Crippen molar-refractivity contribution in [3.8, 4) is 0 Å². The summed E-state index contributed by atoms with van der Waals surface area (Å²) in [5.41, 5.74) is -10.4. The Morgan fingerprint density at radius 2 is 1.50 bits per heavy atom. The minimum absolute atomic E-state index is 0.0556. The van der Waals surface area contributed by atoms with Gasteiger partial charge in [-0.15, -0.1) is 0 Å². The molecule has 0 radical (unpaired) electrons. The van der Waals surface area contributed by atoms with Crippen molar-refractivity contribution in [1.29, 1.82) is 0 Å². The van der Waals surface area contributed by atoms with Crippen molar-refractivity contribution in [1.82, 2.24) is 9.72 Å². The number of fused-ring (bicyclic) bond motifs is 1. The number of halogens is 12. The molecular formula is C23H13F12N3O2. The molecule has 3 aromatic rings. The number of carbonyl (C=O) groups is 1. The highest BCUT2D eigenvalue weighted by Crippen LogP contribution is 2.51. The number of nitrogens with one attached hydrogen (secondary N) is 1. The van der Waals surface area contributed by atoms with Crippen LogP contribution in [0, 0.1) is 0 Å². The van der Waals surface area contributed by atoms with Crippen LogP contribution in [0.3, 0.4) is 0 Å². The lowest BCUT2D eigenvalue weighted by Crippen LogP contribution is -2.43. The largest absolute Gasteiger partial charge is 0.435 e. The molecule has 0 saturated carbocycles. The Morgan fingerprint density at radius 1 is 0.900 bits per heavy atom. The monoisotopic (exact) mass is 591 g/mol. The van der Waals surface area contributed by atoms with Crippen LogP contribution in [0.25, 0.3) is 5.52 Å². The van der Waals surface area contributed by atoms with Crippen molar-refractivity contribution in [3.05, 3.63) is 76.6 Å². The number of hydrogen-bond donors (Lipinski definition) is 1. The van der Waals surface area contributed by atoms with Gasteiger partial charge in [-0.1, -0.05) is 5.16 Å². The molecule has 1 atom stereocenters. The highest BCUT2D eigenvalue weighted by atomic mass is 19.4. The van der Waals surface area contributed by atoms with E-state index in [1.807, 2.05) is 0 Å². The summed E-state index contributed by atoms with van der Waals surface area (Å²) >= 11 is 0. The highest BCUT2D eigenvalue weighted by molar-refractivity contribution is 6.08. The number of nitrogens with zero attached hydrogens (tertiary/aromatic N) is 2. The SMILES string of the molecule is O=C(NCC(F)(F)F)c1ccc(C2=NOC(c3cc(C(F)(F)F)cc(C(F)(F)F)c3)(C(F)(F)F)C2)c2cccn12. The van der Waals surface area contributed by atoms with Crippen LogP contribution < -0.4 is 5.32 Å². The van der Waals surface area contributed by atoms with Crippen LogP contribution in [-0.4, -0.2) is 34.9 Å². The molecular weight excluding hydrogens is 578 g/mol. The number of pyridine rings is 1. The fourth-order valence-electron chi connectivity index (χ4n) is 4.07. The number of alkyl halides is 12. The predicted molar refractivity (Wildman–Crippen MR) is 112 cm³/mol. The van der Waals surface area contributed by atoms with E-state index in [0.29, 0.717) is 0 Å². The molecule has 2 aromatic heterocycles. The first-order valence-electron chi connectivity index (χ1n) is 10.8. The minimum Gasteiger partial charge on any atom is -0.374 e. The van der Waals surface area contributed by atoms with Crippen molar-refractivity contribution < 1.29 is 62.3 Å². The Kier molecular flexibility index (Phi) is 6.78. The lowest BCUT2D eigenvalue weighted by atomic mass is 9.84. The van der Waals surface area contributed by atoms with Gasteiger partial charge in [0.05, 0.1) is 28.8 Å². The number of oxime groups is 1. The number of benzene rings is 1. The van der Waals surface area contributed by atoms with E-state index >= 15 is 0 Å². The average Bonchev–Trinajstić information content (AvgIpc) is 3.48. The second kappa shape index (κ2) is 9.33. The van der Waals surface area contributed by atoms with E-state index in [-0.39, 0.29) is 35.0 Å². The summed E-state index contributed by atoms with van der Waals surface area (Å²) < 4.78 is 161. The Balaban J connectivity index is 1.78. The molecule has 40 heavy (non-hydrogen) atoms. The Labute approximate surface area is 215 Å². The van der Waals surface area contributed by atoms with Gasteiger partial charge in [0.15, 0.2) is 0 Å². The molecule has 0 fully saturated rings. The number of aromatic nitrogens is 1. The van der Waals surface area contributed by atoms with Crippen LogP contribution in [0.15, 0.2) is 53.8 Å². The van der Waals surface area contributed by atoms with E-state index in [9.17, 15) is 57.5 Å². The summed E-state index contributed by atoms with van der Waals surface area (Å²) in [4.78, 5) is 16.8. The molecule has 1 aliphatic heterocycles. The first kappa shape index (κ1) is 29.1. The second-order valence-corrected chi connectivity index (χ2v) is 8.62. The molecule has 0 saturated heterocycles. The Hall–Kier alpha value is -3.92. The normalized spacial score (nSPS) is 18.6. The molecule has 1 aliphatic rings. The standard InChI is InChI=1S/C23H13F12N3O2/c24-20(25,26)10-36-18(39)17-4-3-14(16-2-1-5-38(16)17)15-9-19(40-37-15,23(33,34)35)11-6-12(21(27,28)29)8-13(7-11)22(30,31)32/h1-8H,9-10H2,(H,36,39). The van der Waals surface area contributed by atoms with Gasteiger partial charge in [-0.2, -0.15) is 52.7 Å². The van der Waals surface area contributed by atoms with Gasteiger partial charge in [0.2, 0.25) is 0 Å². The first-order valence-corrected chi connectivity index (χ1v) is 10.8. The van der Waals surface area contributed by atoms with Crippen molar-refractivity contribution in [2.24, 2.45) is 5.16 Å². The number of carbonyl (C=O) groups excluding carboxylic acids is 1. The van der Waals surface area contributed by atoms with Crippen LogP contribution in [0.5, 0.6) is 0 Å². The van der Waals surface area contributed by atoms with Crippen LogP contribution in [0.2, 0.25) is 0 Å². The summed E-state index contributed by atoms with van der Waals surface area (Å²) in [5, 5.41) is 4.96. The zero-order valence-electron chi connectivity index (χ0n) is 19.3. The highest BCUT2D eigenvalue weighted by Gasteiger charge is 2.63. The topological polar surface area (TPSA) is 55.1 Å². The maximum Gasteiger partial charge on any atom is 0.435 e. The molecule has 216 valence electrons. The molecule has 5 nitrogen and oxygen atoms in total. The Morgan fingerprint density at radius 3 is 2.02 bits per heavy atom. The molecule has 4 rings (SSSR count). The quantitative estimate of drug-likeness (QED) is 0.338. The molecule has 1 unspecified atom stereocenters. The molecule has 1 aromatic carbocycles. The molecule has 0 spiro atoms. The van der Waals surface area contributed by atoms with Gasteiger partial charge in [0.1, 0.15) is 12.2 Å². The zero-order valence-corrected chi connectivity index (χ0v) is 19.3. The zero-order chi connectivity index (χ0) is 29.9. The van der Waals surface area contributed by atoms with E-state index in [0.717, 1.165) is 16.5 Å². The average molecular weight is 591 g/mol. The number of hydrogen-bond acceptors (Lipinski definition) is 3. The van der Waals surface area contributed by atoms with E-state index in [2.05, 4.69) is 9.99 Å². The van der Waals surface area contributed by atoms with E-state index in [1.54, 1.807) is 5.32 Å². The van der Waals surface area contributed by atoms with E-state index in [4.69, 9.17) is 0 Å². The van der Waals surface area contributed by atoms with Gasteiger partial charge < -0.3 is 14.6 Å². The molecule has 0 aliphatic carbocycles. The number of amides is 1. The predicted octanol–water partition coefficient (Wildman–Crippen LogP) is 6.85. The summed E-state index contributed by atoms with van der Waals surface area (Å²) in [7, 11) is 0. The van der Waals surface area contributed by atoms with Gasteiger partial charge in [-0.05, 0) is 42.5 Å². The lowest BCUT2D eigenvalue weighted by molar-refractivity contribution is -0.276.